The van der Waals surface area contributed by atoms with E-state index in [-0.39, 0.29) is 0 Å². The number of fused-ring (bicyclic) bond motifs is 2. The van der Waals surface area contributed by atoms with Gasteiger partial charge in [0.05, 0.1) is 0 Å². The number of carbonyl (C=O) groups is 2. The maximum absolute atomic E-state index is 11.3. The summed E-state index contributed by atoms with van der Waals surface area (Å²) < 4.78 is 5.92. The van der Waals surface area contributed by atoms with Gasteiger partial charge in [0.15, 0.2) is 12.6 Å². The molecule has 0 amide bonds. The molecule has 0 unspecified atom stereocenters. The molecule has 0 saturated carbocycles. The Hall–Kier alpha value is -2.94. The van der Waals surface area contributed by atoms with E-state index in [4.69, 9.17) is 4.74 Å². The molecule has 21 heavy (non-hydrogen) atoms. The Morgan fingerprint density at radius 2 is 1.38 bits per heavy atom. The molecule has 0 radical (unpaired) electrons. The number of aldehydes is 2. The zero-order valence-corrected chi connectivity index (χ0v) is 11.0. The lowest BCUT2D eigenvalue weighted by atomic mass is 9.90. The van der Waals surface area contributed by atoms with Gasteiger partial charge in [-0.1, -0.05) is 30.3 Å². The summed E-state index contributed by atoms with van der Waals surface area (Å²) in [5, 5.41) is 1.48. The van der Waals surface area contributed by atoms with Crippen molar-refractivity contribution in [2.24, 2.45) is 0 Å². The summed E-state index contributed by atoms with van der Waals surface area (Å²) in [6.07, 6.45) is 1.55. The Labute approximate surface area is 120 Å². The van der Waals surface area contributed by atoms with Crippen LogP contribution in [0, 0.1) is 0 Å². The Balaban J connectivity index is 2.23. The topological polar surface area (TPSA) is 43.4 Å². The lowest BCUT2D eigenvalue weighted by Crippen LogP contribution is -2.00. The molecule has 0 bridgehead atoms. The van der Waals surface area contributed by atoms with Gasteiger partial charge in [-0.3, -0.25) is 9.59 Å². The highest BCUT2D eigenvalue weighted by Crippen LogP contribution is 2.47. The molecule has 3 aromatic rings. The van der Waals surface area contributed by atoms with Crippen LogP contribution in [0.2, 0.25) is 0 Å². The van der Waals surface area contributed by atoms with Gasteiger partial charge < -0.3 is 4.74 Å². The van der Waals surface area contributed by atoms with Crippen LogP contribution in [-0.4, -0.2) is 12.6 Å². The fraction of sp³-hybridized carbons (Fsp3) is 0. The summed E-state index contributed by atoms with van der Waals surface area (Å²) in [6.45, 7) is 0. The summed E-state index contributed by atoms with van der Waals surface area (Å²) in [6, 6.07) is 14.9. The van der Waals surface area contributed by atoms with Crippen molar-refractivity contribution in [2.45, 2.75) is 0 Å². The molecule has 0 spiro atoms. The van der Waals surface area contributed by atoms with Crippen molar-refractivity contribution in [3.05, 3.63) is 59.7 Å². The molecule has 0 saturated heterocycles. The monoisotopic (exact) mass is 274 g/mol. The number of rotatable bonds is 2. The highest BCUT2D eigenvalue weighted by molar-refractivity contribution is 6.15. The average molecular weight is 274 g/mol. The fourth-order valence-corrected chi connectivity index (χ4v) is 2.92. The lowest BCUT2D eigenvalue weighted by molar-refractivity contribution is 0.112. The quantitative estimate of drug-likeness (QED) is 0.513. The van der Waals surface area contributed by atoms with Crippen molar-refractivity contribution in [1.29, 1.82) is 0 Å². The summed E-state index contributed by atoms with van der Waals surface area (Å²) in [7, 11) is 0. The summed E-state index contributed by atoms with van der Waals surface area (Å²) in [5.41, 5.74) is 2.95. The number of para-hydroxylation sites is 1. The smallest absolute Gasteiger partial charge is 0.150 e. The van der Waals surface area contributed by atoms with Crippen LogP contribution in [0.15, 0.2) is 48.5 Å². The Bertz CT molecular complexity index is 895. The van der Waals surface area contributed by atoms with E-state index in [0.29, 0.717) is 22.3 Å². The molecule has 4 rings (SSSR count). The minimum absolute atomic E-state index is 0.501. The minimum Gasteiger partial charge on any atom is -0.456 e. The van der Waals surface area contributed by atoms with Crippen molar-refractivity contribution >= 4 is 23.3 Å². The molecule has 0 fully saturated rings. The first-order valence-corrected chi connectivity index (χ1v) is 6.61. The zero-order chi connectivity index (χ0) is 14.4. The third-order valence-electron chi connectivity index (χ3n) is 3.84. The molecule has 3 nitrogen and oxygen atoms in total. The van der Waals surface area contributed by atoms with Gasteiger partial charge in [-0.2, -0.15) is 0 Å². The van der Waals surface area contributed by atoms with Gasteiger partial charge in [0.2, 0.25) is 0 Å². The Morgan fingerprint density at radius 3 is 2.14 bits per heavy atom. The van der Waals surface area contributed by atoms with Crippen molar-refractivity contribution in [3.8, 4) is 22.6 Å². The number of ether oxygens (including phenoxy) is 1. The van der Waals surface area contributed by atoms with Gasteiger partial charge in [-0.05, 0) is 23.8 Å². The lowest BCUT2D eigenvalue weighted by Gasteiger charge is -2.22. The van der Waals surface area contributed by atoms with Gasteiger partial charge in [0.1, 0.15) is 11.5 Å². The van der Waals surface area contributed by atoms with Crippen LogP contribution in [-0.2, 0) is 0 Å². The zero-order valence-electron chi connectivity index (χ0n) is 11.0. The van der Waals surface area contributed by atoms with E-state index in [1.165, 1.54) is 0 Å². The number of carbonyl (C=O) groups excluding carboxylic acids is 2. The third kappa shape index (κ3) is 1.54. The van der Waals surface area contributed by atoms with Crippen molar-refractivity contribution in [1.82, 2.24) is 0 Å². The Morgan fingerprint density at radius 1 is 0.667 bits per heavy atom. The maximum atomic E-state index is 11.3. The van der Waals surface area contributed by atoms with E-state index >= 15 is 0 Å². The predicted molar refractivity (Wildman–Crippen MR) is 80.2 cm³/mol. The molecule has 0 N–H and O–H groups in total. The first-order chi connectivity index (χ1) is 10.3. The second-order valence-corrected chi connectivity index (χ2v) is 4.94. The normalized spacial score (nSPS) is 11.6. The minimum atomic E-state index is 0.501. The standard InChI is InChI=1S/C18H10O3/c19-9-11-5-7-14-13-3-1-2-4-15(13)21-16-8-6-12(10-20)17(11)18(14)16/h1-10H. The van der Waals surface area contributed by atoms with Crippen molar-refractivity contribution in [3.63, 3.8) is 0 Å². The summed E-state index contributed by atoms with van der Waals surface area (Å²) >= 11 is 0. The molecular formula is C18H10O3. The van der Waals surface area contributed by atoms with Crippen LogP contribution in [0.3, 0.4) is 0 Å². The first-order valence-electron chi connectivity index (χ1n) is 6.61. The van der Waals surface area contributed by atoms with Crippen LogP contribution < -0.4 is 4.74 Å². The van der Waals surface area contributed by atoms with Crippen molar-refractivity contribution in [2.75, 3.05) is 0 Å². The van der Waals surface area contributed by atoms with Crippen molar-refractivity contribution < 1.29 is 14.3 Å². The Kier molecular flexibility index (Phi) is 2.42. The summed E-state index contributed by atoms with van der Waals surface area (Å²) in [4.78, 5) is 22.6. The predicted octanol–water partition coefficient (Wildman–Crippen LogP) is 4.24. The average Bonchev–Trinajstić information content (AvgIpc) is 2.55. The molecule has 0 atom stereocenters. The molecule has 1 aliphatic rings. The van der Waals surface area contributed by atoms with Crippen LogP contribution in [0.4, 0.5) is 0 Å². The highest BCUT2D eigenvalue weighted by atomic mass is 16.5. The largest absolute Gasteiger partial charge is 0.456 e. The molecular weight excluding hydrogens is 264 g/mol. The second kappa shape index (κ2) is 4.28. The molecule has 100 valence electrons. The van der Waals surface area contributed by atoms with Crippen LogP contribution >= 0.6 is 0 Å². The van der Waals surface area contributed by atoms with Gasteiger partial charge in [-0.15, -0.1) is 0 Å². The molecule has 3 aromatic carbocycles. The second-order valence-electron chi connectivity index (χ2n) is 4.94. The first kappa shape index (κ1) is 11.9. The van der Waals surface area contributed by atoms with E-state index in [2.05, 4.69) is 0 Å². The van der Waals surface area contributed by atoms with E-state index in [1.807, 2.05) is 30.3 Å². The van der Waals surface area contributed by atoms with E-state index in [1.54, 1.807) is 18.2 Å². The maximum Gasteiger partial charge on any atom is 0.150 e. The highest BCUT2D eigenvalue weighted by Gasteiger charge is 2.22. The van der Waals surface area contributed by atoms with Crippen LogP contribution in [0.25, 0.3) is 21.9 Å². The molecule has 0 aromatic heterocycles. The van der Waals surface area contributed by atoms with Crippen LogP contribution in [0.5, 0.6) is 11.5 Å². The van der Waals surface area contributed by atoms with E-state index in [0.717, 1.165) is 34.8 Å². The fourth-order valence-electron chi connectivity index (χ4n) is 2.92. The molecule has 3 heteroatoms. The number of hydrogen-bond acceptors (Lipinski definition) is 3. The number of hydrogen-bond donors (Lipinski definition) is 0. The molecule has 1 aliphatic heterocycles. The number of benzene rings is 3. The van der Waals surface area contributed by atoms with Gasteiger partial charge >= 0.3 is 0 Å². The van der Waals surface area contributed by atoms with E-state index < -0.39 is 0 Å². The van der Waals surface area contributed by atoms with Gasteiger partial charge in [0, 0.05) is 27.5 Å². The summed E-state index contributed by atoms with van der Waals surface area (Å²) in [5.74, 6) is 1.46. The van der Waals surface area contributed by atoms with Gasteiger partial charge in [0.25, 0.3) is 0 Å². The third-order valence-corrected chi connectivity index (χ3v) is 3.84. The molecule has 0 aliphatic carbocycles. The van der Waals surface area contributed by atoms with Crippen LogP contribution in [0.1, 0.15) is 20.7 Å². The SMILES string of the molecule is O=Cc1ccc2c3c(ccc(C=O)c13)-c1ccccc1O2. The van der Waals surface area contributed by atoms with Gasteiger partial charge in [-0.25, -0.2) is 0 Å². The van der Waals surface area contributed by atoms with E-state index in [9.17, 15) is 9.59 Å². The molecule has 1 heterocycles.